The van der Waals surface area contributed by atoms with Gasteiger partial charge in [-0.2, -0.15) is 5.10 Å². The molecule has 0 aromatic carbocycles. The van der Waals surface area contributed by atoms with Crippen LogP contribution in [0.4, 0.5) is 10.7 Å². The van der Waals surface area contributed by atoms with E-state index in [9.17, 15) is 4.79 Å². The fourth-order valence-electron chi connectivity index (χ4n) is 1.74. The summed E-state index contributed by atoms with van der Waals surface area (Å²) >= 11 is 1.37. The normalized spacial score (nSPS) is 10.5. The molecule has 0 saturated heterocycles. The first-order valence-electron chi connectivity index (χ1n) is 6.49. The fraction of sp³-hybridized carbons (Fsp3) is 0.385. The van der Waals surface area contributed by atoms with Crippen LogP contribution < -0.4 is 16.4 Å². The van der Waals surface area contributed by atoms with Crippen LogP contribution in [0.1, 0.15) is 28.6 Å². The van der Waals surface area contributed by atoms with E-state index in [-0.39, 0.29) is 5.91 Å². The first-order valence-corrected chi connectivity index (χ1v) is 7.30. The predicted molar refractivity (Wildman–Crippen MR) is 81.9 cm³/mol. The van der Waals surface area contributed by atoms with Crippen molar-refractivity contribution in [2.75, 3.05) is 17.6 Å². The van der Waals surface area contributed by atoms with Gasteiger partial charge in [0.05, 0.1) is 16.9 Å². The van der Waals surface area contributed by atoms with E-state index < -0.39 is 0 Å². The quantitative estimate of drug-likeness (QED) is 0.758. The largest absolute Gasteiger partial charge is 0.397 e. The summed E-state index contributed by atoms with van der Waals surface area (Å²) in [6.45, 7) is 3.33. The maximum Gasteiger partial charge on any atom is 0.263 e. The Balaban J connectivity index is 1.98. The molecule has 0 bridgehead atoms. The van der Waals surface area contributed by atoms with Crippen molar-refractivity contribution in [2.45, 2.75) is 19.9 Å². The molecule has 20 heavy (non-hydrogen) atoms. The summed E-state index contributed by atoms with van der Waals surface area (Å²) in [5.41, 5.74) is 7.47. The van der Waals surface area contributed by atoms with Crippen molar-refractivity contribution in [3.8, 4) is 0 Å². The number of amides is 1. The van der Waals surface area contributed by atoms with Crippen molar-refractivity contribution < 1.29 is 4.79 Å². The second kappa shape index (κ2) is 6.42. The highest BCUT2D eigenvalue weighted by atomic mass is 32.1. The van der Waals surface area contributed by atoms with E-state index in [4.69, 9.17) is 5.73 Å². The third kappa shape index (κ3) is 3.51. The number of thiophene rings is 1. The molecule has 6 nitrogen and oxygen atoms in total. The summed E-state index contributed by atoms with van der Waals surface area (Å²) in [5.74, 6) is -0.108. The predicted octanol–water partition coefficient (Wildman–Crippen LogP) is 1.82. The molecule has 4 N–H and O–H groups in total. The average molecular weight is 293 g/mol. The lowest BCUT2D eigenvalue weighted by atomic mass is 10.3. The molecule has 0 spiro atoms. The Kier molecular flexibility index (Phi) is 4.62. The zero-order valence-electron chi connectivity index (χ0n) is 11.6. The third-order valence-electron chi connectivity index (χ3n) is 2.73. The van der Waals surface area contributed by atoms with Crippen LogP contribution in [-0.4, -0.2) is 22.2 Å². The molecule has 0 unspecified atom stereocenters. The van der Waals surface area contributed by atoms with Gasteiger partial charge in [-0.25, -0.2) is 0 Å². The summed E-state index contributed by atoms with van der Waals surface area (Å²) in [5, 5.41) is 11.1. The van der Waals surface area contributed by atoms with Crippen molar-refractivity contribution in [1.82, 2.24) is 15.1 Å². The summed E-state index contributed by atoms with van der Waals surface area (Å²) in [7, 11) is 1.88. The minimum absolute atomic E-state index is 0.108. The van der Waals surface area contributed by atoms with Crippen LogP contribution in [0.5, 0.6) is 0 Å². The highest BCUT2D eigenvalue weighted by Crippen LogP contribution is 2.29. The lowest BCUT2D eigenvalue weighted by molar-refractivity contribution is 0.0958. The lowest BCUT2D eigenvalue weighted by Gasteiger charge is -2.01. The van der Waals surface area contributed by atoms with E-state index in [1.54, 1.807) is 16.9 Å². The van der Waals surface area contributed by atoms with Gasteiger partial charge in [-0.15, -0.1) is 11.3 Å². The van der Waals surface area contributed by atoms with E-state index in [1.807, 2.05) is 20.2 Å². The van der Waals surface area contributed by atoms with Crippen molar-refractivity contribution in [1.29, 1.82) is 0 Å². The topological polar surface area (TPSA) is 85.0 Å². The molecule has 0 radical (unpaired) electrons. The lowest BCUT2D eigenvalue weighted by Crippen LogP contribution is -2.23. The van der Waals surface area contributed by atoms with Gasteiger partial charge in [0.1, 0.15) is 4.88 Å². The Bertz CT molecular complexity index is 589. The van der Waals surface area contributed by atoms with E-state index >= 15 is 0 Å². The molecule has 7 heteroatoms. The van der Waals surface area contributed by atoms with Gasteiger partial charge in [-0.3, -0.25) is 9.48 Å². The number of carbonyl (C=O) groups is 1. The minimum atomic E-state index is -0.108. The number of anilines is 2. The molecular weight excluding hydrogens is 274 g/mol. The molecule has 108 valence electrons. The summed E-state index contributed by atoms with van der Waals surface area (Å²) in [4.78, 5) is 12.5. The molecule has 2 rings (SSSR count). The molecule has 0 aliphatic rings. The minimum Gasteiger partial charge on any atom is -0.397 e. The highest BCUT2D eigenvalue weighted by Gasteiger charge is 2.13. The van der Waals surface area contributed by atoms with Gasteiger partial charge in [0, 0.05) is 31.9 Å². The Morgan fingerprint density at radius 3 is 3.00 bits per heavy atom. The number of nitrogens with two attached hydrogens (primary N) is 1. The molecular formula is C13H19N5OS. The number of nitrogens with one attached hydrogen (secondary N) is 2. The van der Waals surface area contributed by atoms with Crippen LogP contribution in [-0.2, 0) is 13.6 Å². The van der Waals surface area contributed by atoms with Crippen LogP contribution in [0.3, 0.4) is 0 Å². The molecule has 0 atom stereocenters. The van der Waals surface area contributed by atoms with Gasteiger partial charge in [-0.05, 0) is 12.5 Å². The second-order valence-corrected chi connectivity index (χ2v) is 5.58. The molecule has 2 aromatic rings. The number of aromatic nitrogens is 2. The van der Waals surface area contributed by atoms with E-state index in [0.29, 0.717) is 23.7 Å². The molecule has 0 saturated carbocycles. The van der Waals surface area contributed by atoms with Gasteiger partial charge >= 0.3 is 0 Å². The summed E-state index contributed by atoms with van der Waals surface area (Å²) < 4.78 is 1.75. The maximum atomic E-state index is 11.9. The second-order valence-electron chi connectivity index (χ2n) is 4.53. The van der Waals surface area contributed by atoms with Crippen molar-refractivity contribution in [3.63, 3.8) is 0 Å². The van der Waals surface area contributed by atoms with Gasteiger partial charge < -0.3 is 16.4 Å². The Morgan fingerprint density at radius 1 is 1.55 bits per heavy atom. The van der Waals surface area contributed by atoms with Crippen molar-refractivity contribution in [3.05, 3.63) is 28.9 Å². The third-order valence-corrected chi connectivity index (χ3v) is 3.84. The van der Waals surface area contributed by atoms with Crippen molar-refractivity contribution in [2.24, 2.45) is 7.05 Å². The Hall–Kier alpha value is -2.02. The molecule has 0 aliphatic heterocycles. The fourth-order valence-corrected chi connectivity index (χ4v) is 2.63. The molecule has 2 aromatic heterocycles. The van der Waals surface area contributed by atoms with Crippen molar-refractivity contribution >= 4 is 27.9 Å². The van der Waals surface area contributed by atoms with Crippen LogP contribution >= 0.6 is 11.3 Å². The number of nitrogens with zero attached hydrogens (tertiary/aromatic N) is 2. The number of carbonyl (C=O) groups excluding carboxylic acids is 1. The van der Waals surface area contributed by atoms with Crippen LogP contribution in [0, 0.1) is 0 Å². The number of aryl methyl sites for hydroxylation is 1. The van der Waals surface area contributed by atoms with Gasteiger partial charge in [-0.1, -0.05) is 6.92 Å². The number of hydrogen-bond donors (Lipinski definition) is 3. The average Bonchev–Trinajstić information content (AvgIpc) is 2.99. The Morgan fingerprint density at radius 2 is 2.35 bits per heavy atom. The first-order chi connectivity index (χ1) is 9.60. The molecule has 0 fully saturated rings. The van der Waals surface area contributed by atoms with Gasteiger partial charge in [0.15, 0.2) is 0 Å². The maximum absolute atomic E-state index is 11.9. The summed E-state index contributed by atoms with van der Waals surface area (Å²) in [6.07, 6.45) is 4.65. The molecule has 1 amide bonds. The van der Waals surface area contributed by atoms with E-state index in [2.05, 4.69) is 15.7 Å². The molecule has 2 heterocycles. The van der Waals surface area contributed by atoms with Gasteiger partial charge in [0.2, 0.25) is 0 Å². The van der Waals surface area contributed by atoms with E-state index in [1.165, 1.54) is 11.3 Å². The number of rotatable bonds is 6. The standard InChI is InChI=1S/C13H19N5OS/c1-3-4-15-13(19)12-10(14)5-11(20-12)16-6-9-7-17-18(2)8-9/h5,7-8,16H,3-4,6,14H2,1-2H3,(H,15,19). The summed E-state index contributed by atoms with van der Waals surface area (Å²) in [6, 6.07) is 1.79. The van der Waals surface area contributed by atoms with Crippen LogP contribution in [0.25, 0.3) is 0 Å². The van der Waals surface area contributed by atoms with Crippen LogP contribution in [0.15, 0.2) is 18.5 Å². The highest BCUT2D eigenvalue weighted by molar-refractivity contribution is 7.18. The zero-order valence-corrected chi connectivity index (χ0v) is 12.5. The number of hydrogen-bond acceptors (Lipinski definition) is 5. The monoisotopic (exact) mass is 293 g/mol. The molecule has 0 aliphatic carbocycles. The van der Waals surface area contributed by atoms with E-state index in [0.717, 1.165) is 17.0 Å². The zero-order chi connectivity index (χ0) is 14.5. The Labute approximate surface area is 122 Å². The number of nitrogen functional groups attached to an aromatic ring is 1. The first kappa shape index (κ1) is 14.4. The van der Waals surface area contributed by atoms with Gasteiger partial charge in [0.25, 0.3) is 5.91 Å². The van der Waals surface area contributed by atoms with Crippen LogP contribution in [0.2, 0.25) is 0 Å². The smallest absolute Gasteiger partial charge is 0.263 e. The SMILES string of the molecule is CCCNC(=O)c1sc(NCc2cnn(C)c2)cc1N.